The Labute approximate surface area is 98.6 Å². The maximum atomic E-state index is 3.96. The van der Waals surface area contributed by atoms with E-state index in [9.17, 15) is 0 Å². The van der Waals surface area contributed by atoms with Crippen molar-refractivity contribution in [1.82, 2.24) is 10.6 Å². The largest absolute Gasteiger partial charge is 0.315 e. The Morgan fingerprint density at radius 1 is 0.938 bits per heavy atom. The van der Waals surface area contributed by atoms with Gasteiger partial charge in [-0.1, -0.05) is 6.42 Å². The second-order valence-electron chi connectivity index (χ2n) is 6.62. The third-order valence-corrected chi connectivity index (χ3v) is 5.94. The van der Waals surface area contributed by atoms with Crippen LogP contribution in [0.4, 0.5) is 0 Å². The lowest BCUT2D eigenvalue weighted by Gasteiger charge is -2.33. The molecule has 0 aromatic carbocycles. The van der Waals surface area contributed by atoms with Crippen LogP contribution in [-0.2, 0) is 0 Å². The summed E-state index contributed by atoms with van der Waals surface area (Å²) >= 11 is 0. The Morgan fingerprint density at radius 3 is 2.75 bits per heavy atom. The van der Waals surface area contributed by atoms with Crippen LogP contribution < -0.4 is 10.6 Å². The van der Waals surface area contributed by atoms with Crippen molar-refractivity contribution in [1.29, 1.82) is 0 Å². The van der Waals surface area contributed by atoms with Gasteiger partial charge in [0, 0.05) is 18.6 Å². The molecule has 90 valence electrons. The molecule has 1 heterocycles. The van der Waals surface area contributed by atoms with Gasteiger partial charge >= 0.3 is 0 Å². The SMILES string of the molecule is C1CC2C3CC(NC4CCNC4)C(C3)C2C1. The van der Waals surface area contributed by atoms with Crippen LogP contribution in [0.25, 0.3) is 0 Å². The number of hydrogen-bond donors (Lipinski definition) is 2. The van der Waals surface area contributed by atoms with Crippen LogP contribution in [0.2, 0.25) is 0 Å². The third-order valence-electron chi connectivity index (χ3n) is 5.94. The Hall–Kier alpha value is -0.0800. The predicted molar refractivity (Wildman–Crippen MR) is 65.2 cm³/mol. The molecule has 16 heavy (non-hydrogen) atoms. The van der Waals surface area contributed by atoms with Crippen LogP contribution in [-0.4, -0.2) is 25.2 Å². The first-order valence-electron chi connectivity index (χ1n) is 7.38. The smallest absolute Gasteiger partial charge is 0.0207 e. The van der Waals surface area contributed by atoms with Gasteiger partial charge in [0.25, 0.3) is 0 Å². The summed E-state index contributed by atoms with van der Waals surface area (Å²) in [4.78, 5) is 0. The zero-order valence-electron chi connectivity index (χ0n) is 10.1. The van der Waals surface area contributed by atoms with Gasteiger partial charge in [-0.05, 0) is 62.3 Å². The fraction of sp³-hybridized carbons (Fsp3) is 1.00. The van der Waals surface area contributed by atoms with Gasteiger partial charge in [0.05, 0.1) is 0 Å². The van der Waals surface area contributed by atoms with Crippen molar-refractivity contribution >= 4 is 0 Å². The fourth-order valence-corrected chi connectivity index (χ4v) is 5.36. The van der Waals surface area contributed by atoms with E-state index in [1.807, 2.05) is 0 Å². The van der Waals surface area contributed by atoms with Crippen LogP contribution in [0.5, 0.6) is 0 Å². The van der Waals surface area contributed by atoms with E-state index in [4.69, 9.17) is 0 Å². The molecule has 2 bridgehead atoms. The van der Waals surface area contributed by atoms with Gasteiger partial charge in [-0.3, -0.25) is 0 Å². The van der Waals surface area contributed by atoms with Gasteiger partial charge in [-0.25, -0.2) is 0 Å². The molecule has 1 saturated heterocycles. The summed E-state index contributed by atoms with van der Waals surface area (Å²) in [5.41, 5.74) is 0. The van der Waals surface area contributed by atoms with E-state index in [1.54, 1.807) is 19.3 Å². The quantitative estimate of drug-likeness (QED) is 0.741. The minimum Gasteiger partial charge on any atom is -0.315 e. The molecule has 2 N–H and O–H groups in total. The molecule has 4 fully saturated rings. The standard InChI is InChI=1S/C14H24N2/c1-2-11-9-6-13(12(11)3-1)14(7-9)16-10-4-5-15-8-10/h9-16H,1-8H2. The lowest BCUT2D eigenvalue weighted by Crippen LogP contribution is -2.45. The molecule has 0 amide bonds. The van der Waals surface area contributed by atoms with Gasteiger partial charge in [0.2, 0.25) is 0 Å². The normalized spacial score (nSPS) is 54.8. The number of nitrogens with one attached hydrogen (secondary N) is 2. The van der Waals surface area contributed by atoms with Crippen molar-refractivity contribution in [2.24, 2.45) is 23.7 Å². The molecule has 3 aliphatic carbocycles. The summed E-state index contributed by atoms with van der Waals surface area (Å²) in [5, 5.41) is 7.43. The molecule has 1 aliphatic heterocycles. The minimum atomic E-state index is 0.782. The van der Waals surface area contributed by atoms with Gasteiger partial charge < -0.3 is 10.6 Å². The lowest BCUT2D eigenvalue weighted by molar-refractivity contribution is 0.200. The number of rotatable bonds is 2. The monoisotopic (exact) mass is 220 g/mol. The molecule has 6 atom stereocenters. The number of fused-ring (bicyclic) bond motifs is 5. The van der Waals surface area contributed by atoms with Crippen LogP contribution in [0.1, 0.15) is 38.5 Å². The Kier molecular flexibility index (Phi) is 2.29. The highest BCUT2D eigenvalue weighted by Gasteiger charge is 2.53. The summed E-state index contributed by atoms with van der Waals surface area (Å²) in [5.74, 6) is 4.41. The molecule has 2 heteroatoms. The molecule has 0 aromatic rings. The maximum Gasteiger partial charge on any atom is 0.0207 e. The van der Waals surface area contributed by atoms with E-state index in [0.717, 1.165) is 35.8 Å². The zero-order valence-corrected chi connectivity index (χ0v) is 10.1. The van der Waals surface area contributed by atoms with Gasteiger partial charge in [0.15, 0.2) is 0 Å². The average Bonchev–Trinajstić information content (AvgIpc) is 2.99. The Bertz CT molecular complexity index is 272. The molecule has 6 unspecified atom stereocenters. The second-order valence-corrected chi connectivity index (χ2v) is 6.62. The van der Waals surface area contributed by atoms with Gasteiger partial charge in [-0.2, -0.15) is 0 Å². The Balaban J connectivity index is 1.44. The van der Waals surface area contributed by atoms with Gasteiger partial charge in [0.1, 0.15) is 0 Å². The highest BCUT2D eigenvalue weighted by molar-refractivity contribution is 5.06. The fourth-order valence-electron chi connectivity index (χ4n) is 5.36. The summed E-state index contributed by atoms with van der Waals surface area (Å²) in [6, 6.07) is 1.67. The molecule has 0 spiro atoms. The summed E-state index contributed by atoms with van der Waals surface area (Å²) in [6.45, 7) is 2.44. The van der Waals surface area contributed by atoms with Crippen molar-refractivity contribution < 1.29 is 0 Å². The predicted octanol–water partition coefficient (Wildman–Crippen LogP) is 1.76. The van der Waals surface area contributed by atoms with E-state index < -0.39 is 0 Å². The van der Waals surface area contributed by atoms with Crippen LogP contribution in [0, 0.1) is 23.7 Å². The number of hydrogen-bond acceptors (Lipinski definition) is 2. The molecular weight excluding hydrogens is 196 g/mol. The first-order valence-corrected chi connectivity index (χ1v) is 7.38. The average molecular weight is 220 g/mol. The van der Waals surface area contributed by atoms with Crippen molar-refractivity contribution in [3.8, 4) is 0 Å². The van der Waals surface area contributed by atoms with E-state index >= 15 is 0 Å². The Morgan fingerprint density at radius 2 is 1.88 bits per heavy atom. The molecule has 4 rings (SSSR count). The maximum absolute atomic E-state index is 3.96. The topological polar surface area (TPSA) is 24.1 Å². The minimum absolute atomic E-state index is 0.782. The first-order chi connectivity index (χ1) is 7.92. The van der Waals surface area contributed by atoms with Crippen molar-refractivity contribution in [2.45, 2.75) is 50.6 Å². The molecule has 4 aliphatic rings. The lowest BCUT2D eigenvalue weighted by atomic mass is 9.79. The van der Waals surface area contributed by atoms with Crippen LogP contribution >= 0.6 is 0 Å². The van der Waals surface area contributed by atoms with Crippen molar-refractivity contribution in [3.63, 3.8) is 0 Å². The summed E-state index contributed by atoms with van der Waals surface area (Å²) in [6.07, 6.45) is 9.05. The van der Waals surface area contributed by atoms with Gasteiger partial charge in [-0.15, -0.1) is 0 Å². The molecule has 0 aromatic heterocycles. The molecule has 0 radical (unpaired) electrons. The highest BCUT2D eigenvalue weighted by Crippen LogP contribution is 2.58. The van der Waals surface area contributed by atoms with E-state index in [2.05, 4.69) is 10.6 Å². The van der Waals surface area contributed by atoms with E-state index in [1.165, 1.54) is 32.4 Å². The molecule has 3 saturated carbocycles. The molecular formula is C14H24N2. The summed E-state index contributed by atoms with van der Waals surface area (Å²) < 4.78 is 0. The van der Waals surface area contributed by atoms with Crippen molar-refractivity contribution in [2.75, 3.05) is 13.1 Å². The van der Waals surface area contributed by atoms with E-state index in [0.29, 0.717) is 0 Å². The zero-order chi connectivity index (χ0) is 10.5. The highest BCUT2D eigenvalue weighted by atomic mass is 15.1. The first kappa shape index (κ1) is 9.90. The summed E-state index contributed by atoms with van der Waals surface area (Å²) in [7, 11) is 0. The van der Waals surface area contributed by atoms with Crippen LogP contribution in [0.15, 0.2) is 0 Å². The second kappa shape index (κ2) is 3.71. The molecule has 2 nitrogen and oxygen atoms in total. The van der Waals surface area contributed by atoms with Crippen molar-refractivity contribution in [3.05, 3.63) is 0 Å². The van der Waals surface area contributed by atoms with E-state index in [-0.39, 0.29) is 0 Å². The third kappa shape index (κ3) is 1.39. The van der Waals surface area contributed by atoms with Crippen LogP contribution in [0.3, 0.4) is 0 Å².